The molecule has 4 aliphatic rings. The molecule has 0 unspecified atom stereocenters. The molecule has 5 aromatic rings. The minimum absolute atomic E-state index is 0.0411. The van der Waals surface area contributed by atoms with Crippen molar-refractivity contribution >= 4 is 54.4 Å². The van der Waals surface area contributed by atoms with Gasteiger partial charge in [0.1, 0.15) is 22.1 Å². The molecule has 20 nitrogen and oxygen atoms in total. The molecule has 73 heavy (non-hydrogen) atoms. The number of nitrogens with zero attached hydrogens (tertiary/aromatic N) is 6. The lowest BCUT2D eigenvalue weighted by Crippen LogP contribution is -2.61. The van der Waals surface area contributed by atoms with Gasteiger partial charge < -0.3 is 29.8 Å². The Bertz CT molecular complexity index is 3110. The van der Waals surface area contributed by atoms with Gasteiger partial charge in [-0.05, 0) is 98.8 Å². The number of amides is 1. The first-order chi connectivity index (χ1) is 34.7. The average Bonchev–Trinajstić information content (AvgIpc) is 3.72. The first kappa shape index (κ1) is 51.9. The number of halogens is 1. The van der Waals surface area contributed by atoms with Crippen LogP contribution in [0.4, 0.5) is 21.6 Å². The molecule has 23 heteroatoms. The quantitative estimate of drug-likeness (QED) is 0.0494. The van der Waals surface area contributed by atoms with Gasteiger partial charge in [0.25, 0.3) is 32.0 Å². The van der Waals surface area contributed by atoms with Gasteiger partial charge in [0, 0.05) is 88.5 Å². The molecule has 2 aliphatic carbocycles. The summed E-state index contributed by atoms with van der Waals surface area (Å²) in [6, 6.07) is 15.4. The number of methoxy groups -OCH3 is 1. The molecule has 392 valence electrons. The molecule has 5 heterocycles. The number of aromatic nitrogens is 3. The highest BCUT2D eigenvalue weighted by atomic mass is 32.2. The Labute approximate surface area is 424 Å². The number of sulfonamides is 1. The number of H-pyrrole nitrogens is 1. The number of carbonyl (C=O) groups is 1. The predicted octanol–water partition coefficient (Wildman–Crippen LogP) is 6.97. The lowest BCUT2D eigenvalue weighted by atomic mass is 9.59. The van der Waals surface area contributed by atoms with Gasteiger partial charge in [-0.25, -0.2) is 27.2 Å². The third-order valence-corrected chi connectivity index (χ3v) is 18.3. The molecule has 5 N–H and O–H groups in total. The summed E-state index contributed by atoms with van der Waals surface area (Å²) in [5, 5.41) is 25.6. The van der Waals surface area contributed by atoms with E-state index in [1.165, 1.54) is 31.9 Å². The second kappa shape index (κ2) is 20.4. The summed E-state index contributed by atoms with van der Waals surface area (Å²) in [5.74, 6) is -1.67. The van der Waals surface area contributed by atoms with E-state index in [0.29, 0.717) is 70.6 Å². The lowest BCUT2D eigenvalue weighted by molar-refractivity contribution is -0.384. The maximum Gasteiger partial charge on any atom is 0.312 e. The van der Waals surface area contributed by atoms with E-state index < -0.39 is 53.1 Å². The molecule has 0 bridgehead atoms. The van der Waals surface area contributed by atoms with Crippen LogP contribution in [0.1, 0.15) is 106 Å². The third-order valence-electron chi connectivity index (χ3n) is 15.4. The number of hydrogen-bond donors (Lipinski definition) is 5. The van der Waals surface area contributed by atoms with Crippen molar-refractivity contribution in [2.24, 2.45) is 11.3 Å². The summed E-state index contributed by atoms with van der Waals surface area (Å²) < 4.78 is 86.5. The van der Waals surface area contributed by atoms with Gasteiger partial charge in [-0.1, -0.05) is 38.1 Å². The Morgan fingerprint density at radius 1 is 1.01 bits per heavy atom. The maximum atomic E-state index is 14.9. The van der Waals surface area contributed by atoms with Crippen molar-refractivity contribution in [2.75, 3.05) is 63.6 Å². The third kappa shape index (κ3) is 10.8. The standard InChI is InChI=1S/C50H63FN10O10S2/c1-31(2)36-8-6-7-9-37(36)42-30-59(73(68,69)52-4)20-21-60(42)34-25-50(26-34)16-18-58(19-17-50)33-10-11-38(43(22-33)71-44-24-39-40(51)29-55-45(39)56-48(44)70-5)47(62)57-72(66,67)35-23-41(61(64)65)46(54-28-35)53-27-32-12-14-49(3,63)15-13-32/h6-11,22-24,28-29,31-32,34,42,52,63H,12-21,25-27,30H2,1-5H3,(H,53,54)(H,55,56)(H,57,62)/t32?,42-,49?/m0/s1. The Morgan fingerprint density at radius 3 is 2.42 bits per heavy atom. The zero-order valence-corrected chi connectivity index (χ0v) is 43.2. The molecule has 9 rings (SSSR count). The predicted molar refractivity (Wildman–Crippen MR) is 272 cm³/mol. The van der Waals surface area contributed by atoms with Crippen LogP contribution in [0.25, 0.3) is 11.0 Å². The summed E-state index contributed by atoms with van der Waals surface area (Å²) in [7, 11) is -5.60. The highest BCUT2D eigenvalue weighted by molar-refractivity contribution is 7.90. The van der Waals surface area contributed by atoms with Gasteiger partial charge >= 0.3 is 5.69 Å². The molecule has 1 amide bonds. The molecule has 4 fully saturated rings. The van der Waals surface area contributed by atoms with Gasteiger partial charge in [-0.2, -0.15) is 17.7 Å². The highest BCUT2D eigenvalue weighted by Crippen LogP contribution is 2.53. The lowest BCUT2D eigenvalue weighted by Gasteiger charge is -2.58. The van der Waals surface area contributed by atoms with E-state index >= 15 is 0 Å². The van der Waals surface area contributed by atoms with E-state index in [9.17, 15) is 41.2 Å². The number of aromatic amines is 1. The molecular weight excluding hydrogens is 984 g/mol. The van der Waals surface area contributed by atoms with Crippen LogP contribution in [-0.2, 0) is 20.2 Å². The number of piperidine rings is 1. The normalized spacial score (nSPS) is 22.1. The fraction of sp³-hybridized carbons (Fsp3) is 0.500. The molecule has 2 aliphatic heterocycles. The molecular formula is C50H63FN10O10S2. The van der Waals surface area contributed by atoms with Crippen molar-refractivity contribution in [3.05, 3.63) is 99.6 Å². The summed E-state index contributed by atoms with van der Waals surface area (Å²) in [6.07, 6.45) is 8.26. The molecule has 1 atom stereocenters. The van der Waals surface area contributed by atoms with E-state index in [-0.39, 0.29) is 69.1 Å². The number of rotatable bonds is 16. The second-order valence-corrected chi connectivity index (χ2v) is 24.1. The number of benzene rings is 2. The zero-order valence-electron chi connectivity index (χ0n) is 41.6. The van der Waals surface area contributed by atoms with Crippen molar-refractivity contribution in [3.8, 4) is 17.4 Å². The van der Waals surface area contributed by atoms with Crippen LogP contribution in [-0.4, -0.2) is 122 Å². The number of ether oxygens (including phenoxy) is 2. The molecule has 3 aromatic heterocycles. The number of nitro groups is 1. The number of pyridine rings is 2. The van der Waals surface area contributed by atoms with Gasteiger partial charge in [-0.3, -0.25) is 19.8 Å². The van der Waals surface area contributed by atoms with Gasteiger partial charge in [0.15, 0.2) is 5.75 Å². The van der Waals surface area contributed by atoms with E-state index in [1.807, 2.05) is 16.9 Å². The number of aliphatic hydroxyl groups is 1. The summed E-state index contributed by atoms with van der Waals surface area (Å²) in [4.78, 5) is 40.8. The summed E-state index contributed by atoms with van der Waals surface area (Å²) in [6.45, 7) is 9.07. The number of fused-ring (bicyclic) bond motifs is 1. The van der Waals surface area contributed by atoms with E-state index in [0.717, 1.165) is 49.7 Å². The van der Waals surface area contributed by atoms with E-state index in [4.69, 9.17) is 9.47 Å². The van der Waals surface area contributed by atoms with Crippen LogP contribution < -0.4 is 29.1 Å². The van der Waals surface area contributed by atoms with Crippen LogP contribution in [0, 0.1) is 27.3 Å². The van der Waals surface area contributed by atoms with Crippen LogP contribution in [0.15, 0.2) is 71.9 Å². The van der Waals surface area contributed by atoms with Crippen molar-refractivity contribution in [1.82, 2.24) is 33.6 Å². The van der Waals surface area contributed by atoms with Crippen LogP contribution >= 0.6 is 0 Å². The molecule has 2 saturated heterocycles. The van der Waals surface area contributed by atoms with E-state index in [1.54, 1.807) is 23.4 Å². The van der Waals surface area contributed by atoms with Crippen molar-refractivity contribution < 1.29 is 45.5 Å². The zero-order chi connectivity index (χ0) is 52.0. The van der Waals surface area contributed by atoms with E-state index in [2.05, 4.69) is 60.8 Å². The Balaban J connectivity index is 0.933. The minimum atomic E-state index is -4.76. The molecule has 2 saturated carbocycles. The number of hydrogen-bond acceptors (Lipinski definition) is 15. The van der Waals surface area contributed by atoms with Gasteiger partial charge in [-0.15, -0.1) is 0 Å². The summed E-state index contributed by atoms with van der Waals surface area (Å²) in [5.41, 5.74) is 1.70. The maximum absolute atomic E-state index is 14.9. The topological polar surface area (TPSA) is 255 Å². The molecule has 2 aromatic carbocycles. The van der Waals surface area contributed by atoms with Crippen LogP contribution in [0.2, 0.25) is 0 Å². The summed E-state index contributed by atoms with van der Waals surface area (Å²) >= 11 is 0. The largest absolute Gasteiger partial charge is 0.478 e. The average molecular weight is 1050 g/mol. The van der Waals surface area contributed by atoms with Gasteiger partial charge in [0.05, 0.1) is 34.8 Å². The Kier molecular flexibility index (Phi) is 14.5. The minimum Gasteiger partial charge on any atom is -0.478 e. The number of nitrogens with one attached hydrogen (secondary N) is 4. The highest BCUT2D eigenvalue weighted by Gasteiger charge is 2.51. The fourth-order valence-corrected chi connectivity index (χ4v) is 13.0. The number of anilines is 2. The monoisotopic (exact) mass is 1050 g/mol. The Morgan fingerprint density at radius 2 is 1.74 bits per heavy atom. The first-order valence-corrected chi connectivity index (χ1v) is 27.6. The molecule has 0 radical (unpaired) electrons. The van der Waals surface area contributed by atoms with Crippen molar-refractivity contribution in [2.45, 2.75) is 101 Å². The SMILES string of the molecule is CNS(=O)(=O)N1CCN(C2CC3(CCN(c4ccc(C(=O)NS(=O)(=O)c5cnc(NCC6CCC(C)(O)CC6)c([N+](=O)[O-])c5)c(Oc5cc6c(F)c[nH]c6nc5OC)c4)CC3)C2)[C@H](c2ccccc2C(C)C)C1. The van der Waals surface area contributed by atoms with Crippen LogP contribution in [0.5, 0.6) is 17.4 Å². The second-order valence-electron chi connectivity index (χ2n) is 20.5. The molecule has 1 spiro atoms. The van der Waals surface area contributed by atoms with Crippen LogP contribution in [0.3, 0.4) is 0 Å². The first-order valence-electron chi connectivity index (χ1n) is 24.7. The number of carbonyl (C=O) groups excluding carboxylic acids is 1. The van der Waals surface area contributed by atoms with Gasteiger partial charge in [0.2, 0.25) is 5.82 Å². The Hall–Kier alpha value is -5.98. The smallest absolute Gasteiger partial charge is 0.312 e. The number of piperazine rings is 1. The van der Waals surface area contributed by atoms with Crippen molar-refractivity contribution in [1.29, 1.82) is 0 Å². The van der Waals surface area contributed by atoms with Crippen molar-refractivity contribution in [3.63, 3.8) is 0 Å². The fourth-order valence-electron chi connectivity index (χ4n) is 11.1.